The molecule has 4 heteroatoms. The van der Waals surface area contributed by atoms with Crippen molar-refractivity contribution in [3.05, 3.63) is 47.7 Å². The summed E-state index contributed by atoms with van der Waals surface area (Å²) in [6, 6.07) is 6.48. The predicted molar refractivity (Wildman–Crippen MR) is 83.6 cm³/mol. The number of aromatic nitrogens is 1. The van der Waals surface area contributed by atoms with Gasteiger partial charge < -0.3 is 14.6 Å². The summed E-state index contributed by atoms with van der Waals surface area (Å²) in [7, 11) is 0. The third-order valence-corrected chi connectivity index (χ3v) is 4.00. The Morgan fingerprint density at radius 2 is 2.24 bits per heavy atom. The number of aryl methyl sites for hydroxylation is 1. The third-order valence-electron chi connectivity index (χ3n) is 4.00. The van der Waals surface area contributed by atoms with Gasteiger partial charge in [-0.3, -0.25) is 0 Å². The second kappa shape index (κ2) is 5.64. The first-order chi connectivity index (χ1) is 10.2. The van der Waals surface area contributed by atoms with Crippen LogP contribution in [0.2, 0.25) is 0 Å². The van der Waals surface area contributed by atoms with Gasteiger partial charge >= 0.3 is 6.09 Å². The van der Waals surface area contributed by atoms with Crippen molar-refractivity contribution in [3.63, 3.8) is 0 Å². The molecule has 110 valence electrons. The minimum atomic E-state index is -0.250. The zero-order valence-corrected chi connectivity index (χ0v) is 12.3. The first kappa shape index (κ1) is 13.7. The Labute approximate surface area is 124 Å². The van der Waals surface area contributed by atoms with Crippen LogP contribution in [-0.2, 0) is 17.6 Å². The van der Waals surface area contributed by atoms with Gasteiger partial charge in [-0.1, -0.05) is 24.3 Å². The topological polar surface area (TPSA) is 45.3 Å². The van der Waals surface area contributed by atoms with E-state index in [0.717, 1.165) is 12.8 Å². The number of benzene rings is 1. The Bertz CT molecular complexity index is 687. The van der Waals surface area contributed by atoms with Gasteiger partial charge in [0, 0.05) is 36.1 Å². The van der Waals surface area contributed by atoms with Crippen LogP contribution in [-0.4, -0.2) is 35.7 Å². The summed E-state index contributed by atoms with van der Waals surface area (Å²) in [6.07, 6.45) is 3.04. The standard InChI is InChI=1S/C17H20N2O2/c1-3-10-21-17(20)19-8-6-13-14-11-12(2)4-5-15(14)18-16(13)7-9-19/h3-5,11,18H,1,6-10H2,2H3. The molecular weight excluding hydrogens is 264 g/mol. The zero-order valence-electron chi connectivity index (χ0n) is 12.3. The molecular formula is C17H20N2O2. The Balaban J connectivity index is 1.82. The molecule has 1 aromatic heterocycles. The van der Waals surface area contributed by atoms with E-state index in [0.29, 0.717) is 13.1 Å². The summed E-state index contributed by atoms with van der Waals surface area (Å²) in [5, 5.41) is 1.28. The smallest absolute Gasteiger partial charge is 0.410 e. The lowest BCUT2D eigenvalue weighted by Gasteiger charge is -2.19. The summed E-state index contributed by atoms with van der Waals surface area (Å²) < 4.78 is 5.13. The van der Waals surface area contributed by atoms with Crippen LogP contribution >= 0.6 is 0 Å². The summed E-state index contributed by atoms with van der Waals surface area (Å²) in [4.78, 5) is 17.2. The number of amides is 1. The number of hydrogen-bond acceptors (Lipinski definition) is 2. The Kier molecular flexibility index (Phi) is 3.69. The molecule has 4 nitrogen and oxygen atoms in total. The molecule has 0 spiro atoms. The number of rotatable bonds is 2. The van der Waals surface area contributed by atoms with Gasteiger partial charge in [-0.25, -0.2) is 4.79 Å². The van der Waals surface area contributed by atoms with Gasteiger partial charge in [0.2, 0.25) is 0 Å². The molecule has 0 fully saturated rings. The number of H-pyrrole nitrogens is 1. The van der Waals surface area contributed by atoms with Gasteiger partial charge in [-0.2, -0.15) is 0 Å². The van der Waals surface area contributed by atoms with Crippen molar-refractivity contribution in [2.75, 3.05) is 19.7 Å². The maximum atomic E-state index is 11.9. The van der Waals surface area contributed by atoms with Crippen molar-refractivity contribution in [1.82, 2.24) is 9.88 Å². The lowest BCUT2D eigenvalue weighted by molar-refractivity contribution is 0.114. The van der Waals surface area contributed by atoms with E-state index in [-0.39, 0.29) is 12.7 Å². The van der Waals surface area contributed by atoms with E-state index in [9.17, 15) is 4.79 Å². The van der Waals surface area contributed by atoms with E-state index < -0.39 is 0 Å². The molecule has 1 aromatic carbocycles. The Morgan fingerprint density at radius 1 is 1.43 bits per heavy atom. The molecule has 0 aliphatic carbocycles. The van der Waals surface area contributed by atoms with E-state index in [1.165, 1.54) is 27.7 Å². The van der Waals surface area contributed by atoms with Crippen molar-refractivity contribution in [2.45, 2.75) is 19.8 Å². The van der Waals surface area contributed by atoms with Gasteiger partial charge in [0.25, 0.3) is 0 Å². The molecule has 0 bridgehead atoms. The number of aromatic amines is 1. The normalized spacial score (nSPS) is 14.6. The highest BCUT2D eigenvalue weighted by Crippen LogP contribution is 2.26. The average Bonchev–Trinajstić information content (AvgIpc) is 2.68. The molecule has 21 heavy (non-hydrogen) atoms. The average molecular weight is 284 g/mol. The number of hydrogen-bond donors (Lipinski definition) is 1. The lowest BCUT2D eigenvalue weighted by atomic mass is 10.1. The van der Waals surface area contributed by atoms with Gasteiger partial charge in [0.15, 0.2) is 0 Å². The summed E-state index contributed by atoms with van der Waals surface area (Å²) in [5.41, 5.74) is 5.03. The van der Waals surface area contributed by atoms with Crippen LogP contribution in [0.25, 0.3) is 10.9 Å². The molecule has 0 atom stereocenters. The van der Waals surface area contributed by atoms with Crippen LogP contribution in [0.1, 0.15) is 16.8 Å². The van der Waals surface area contributed by atoms with Crippen LogP contribution in [0.5, 0.6) is 0 Å². The monoisotopic (exact) mass is 284 g/mol. The highest BCUT2D eigenvalue weighted by atomic mass is 16.6. The van der Waals surface area contributed by atoms with Gasteiger partial charge in [-0.15, -0.1) is 0 Å². The number of carbonyl (C=O) groups excluding carboxylic acids is 1. The fourth-order valence-electron chi connectivity index (χ4n) is 2.93. The molecule has 0 saturated carbocycles. The first-order valence-electron chi connectivity index (χ1n) is 7.31. The van der Waals surface area contributed by atoms with E-state index in [2.05, 4.69) is 36.7 Å². The van der Waals surface area contributed by atoms with Crippen LogP contribution in [0.4, 0.5) is 4.79 Å². The van der Waals surface area contributed by atoms with Crippen molar-refractivity contribution >= 4 is 17.0 Å². The maximum Gasteiger partial charge on any atom is 0.410 e. The second-order valence-electron chi connectivity index (χ2n) is 5.48. The van der Waals surface area contributed by atoms with Crippen molar-refractivity contribution < 1.29 is 9.53 Å². The second-order valence-corrected chi connectivity index (χ2v) is 5.48. The Hall–Kier alpha value is -2.23. The summed E-state index contributed by atoms with van der Waals surface area (Å²) in [5.74, 6) is 0. The SMILES string of the molecule is C=CCOC(=O)N1CCc2[nH]c3ccc(C)cc3c2CC1. The van der Waals surface area contributed by atoms with Crippen molar-refractivity contribution in [3.8, 4) is 0 Å². The molecule has 0 unspecified atom stereocenters. The number of carbonyl (C=O) groups is 1. The minimum Gasteiger partial charge on any atom is -0.445 e. The molecule has 0 saturated heterocycles. The molecule has 1 aliphatic heterocycles. The fraction of sp³-hybridized carbons (Fsp3) is 0.353. The number of fused-ring (bicyclic) bond motifs is 3. The fourth-order valence-corrected chi connectivity index (χ4v) is 2.93. The number of ether oxygens (including phenoxy) is 1. The molecule has 0 radical (unpaired) electrons. The van der Waals surface area contributed by atoms with Crippen LogP contribution in [0, 0.1) is 6.92 Å². The molecule has 3 rings (SSSR count). The highest BCUT2D eigenvalue weighted by molar-refractivity contribution is 5.85. The zero-order chi connectivity index (χ0) is 14.8. The van der Waals surface area contributed by atoms with E-state index in [1.807, 2.05) is 0 Å². The van der Waals surface area contributed by atoms with Gasteiger partial charge in [0.1, 0.15) is 6.61 Å². The molecule has 1 N–H and O–H groups in total. The predicted octanol–water partition coefficient (Wildman–Crippen LogP) is 3.20. The van der Waals surface area contributed by atoms with Crippen LogP contribution in [0.3, 0.4) is 0 Å². The highest BCUT2D eigenvalue weighted by Gasteiger charge is 2.22. The molecule has 2 heterocycles. The summed E-state index contributed by atoms with van der Waals surface area (Å²) in [6.45, 7) is 7.32. The molecule has 1 aliphatic rings. The largest absolute Gasteiger partial charge is 0.445 e. The third kappa shape index (κ3) is 2.66. The minimum absolute atomic E-state index is 0.250. The van der Waals surface area contributed by atoms with Crippen molar-refractivity contribution in [1.29, 1.82) is 0 Å². The molecule has 2 aromatic rings. The van der Waals surface area contributed by atoms with E-state index in [4.69, 9.17) is 4.74 Å². The quantitative estimate of drug-likeness (QED) is 0.861. The Morgan fingerprint density at radius 3 is 3.05 bits per heavy atom. The summed E-state index contributed by atoms with van der Waals surface area (Å²) >= 11 is 0. The van der Waals surface area contributed by atoms with Crippen LogP contribution < -0.4 is 0 Å². The number of nitrogens with one attached hydrogen (secondary N) is 1. The van der Waals surface area contributed by atoms with Crippen molar-refractivity contribution in [2.24, 2.45) is 0 Å². The van der Waals surface area contributed by atoms with E-state index >= 15 is 0 Å². The first-order valence-corrected chi connectivity index (χ1v) is 7.31. The van der Waals surface area contributed by atoms with Crippen LogP contribution in [0.15, 0.2) is 30.9 Å². The molecule has 1 amide bonds. The number of nitrogens with zero attached hydrogens (tertiary/aromatic N) is 1. The lowest BCUT2D eigenvalue weighted by Crippen LogP contribution is -2.33. The van der Waals surface area contributed by atoms with E-state index in [1.54, 1.807) is 11.0 Å². The van der Waals surface area contributed by atoms with Gasteiger partial charge in [0.05, 0.1) is 0 Å². The maximum absolute atomic E-state index is 11.9. The van der Waals surface area contributed by atoms with Gasteiger partial charge in [-0.05, 0) is 31.0 Å².